The highest BCUT2D eigenvalue weighted by Gasteiger charge is 2.61. The van der Waals surface area contributed by atoms with Crippen molar-refractivity contribution in [1.29, 1.82) is 0 Å². The Morgan fingerprint density at radius 1 is 1.12 bits per heavy atom. The number of fused-ring (bicyclic) bond motifs is 4. The largest absolute Gasteiger partial charge is 0.486 e. The Balaban J connectivity index is 1.14. The number of ether oxygens (including phenoxy) is 3. The monoisotopic (exact) mass is 448 g/mol. The van der Waals surface area contributed by atoms with Gasteiger partial charge in [0.15, 0.2) is 17.2 Å². The van der Waals surface area contributed by atoms with Gasteiger partial charge in [-0.3, -0.25) is 9.59 Å². The normalized spacial score (nSPS) is 33.6. The maximum atomic E-state index is 13.3. The van der Waals surface area contributed by atoms with Gasteiger partial charge in [-0.25, -0.2) is 0 Å². The van der Waals surface area contributed by atoms with Crippen molar-refractivity contribution >= 4 is 11.8 Å². The van der Waals surface area contributed by atoms with E-state index in [-0.39, 0.29) is 35.2 Å². The smallest absolute Gasteiger partial charge is 0.258 e. The van der Waals surface area contributed by atoms with Crippen molar-refractivity contribution in [3.63, 3.8) is 0 Å². The highest BCUT2D eigenvalue weighted by molar-refractivity contribution is 5.98. The van der Waals surface area contributed by atoms with Crippen molar-refractivity contribution in [3.8, 4) is 17.2 Å². The summed E-state index contributed by atoms with van der Waals surface area (Å²) in [6.45, 7) is 2.96. The van der Waals surface area contributed by atoms with Crippen LogP contribution in [0.5, 0.6) is 17.2 Å². The zero-order valence-corrected chi connectivity index (χ0v) is 18.6. The van der Waals surface area contributed by atoms with Crippen molar-refractivity contribution in [3.05, 3.63) is 54.1 Å². The van der Waals surface area contributed by atoms with Crippen LogP contribution in [0.4, 0.5) is 0 Å². The summed E-state index contributed by atoms with van der Waals surface area (Å²) in [4.78, 5) is 26.1. The molecule has 3 fully saturated rings. The molecular weight excluding hydrogens is 420 g/mol. The summed E-state index contributed by atoms with van der Waals surface area (Å²) in [5.74, 6) is 1.99. The van der Waals surface area contributed by atoms with Gasteiger partial charge in [-0.15, -0.1) is 0 Å². The van der Waals surface area contributed by atoms with E-state index in [1.54, 1.807) is 6.07 Å². The lowest BCUT2D eigenvalue weighted by Crippen LogP contribution is -2.69. The Morgan fingerprint density at radius 2 is 1.88 bits per heavy atom. The second kappa shape index (κ2) is 7.40. The highest BCUT2D eigenvalue weighted by atomic mass is 16.6. The quantitative estimate of drug-likeness (QED) is 0.753. The number of hydrogen-bond donors (Lipinski definition) is 2. The fourth-order valence-electron chi connectivity index (χ4n) is 6.16. The van der Waals surface area contributed by atoms with Crippen LogP contribution in [0.15, 0.2) is 48.5 Å². The lowest BCUT2D eigenvalue weighted by molar-refractivity contribution is -0.167. The van der Waals surface area contributed by atoms with Crippen molar-refractivity contribution in [2.75, 3.05) is 13.2 Å². The maximum absolute atomic E-state index is 13.3. The first-order chi connectivity index (χ1) is 16.0. The van der Waals surface area contributed by atoms with E-state index in [2.05, 4.69) is 17.6 Å². The predicted molar refractivity (Wildman–Crippen MR) is 120 cm³/mol. The second-order valence-electron chi connectivity index (χ2n) is 10.0. The maximum Gasteiger partial charge on any atom is 0.258 e. The number of benzene rings is 2. The number of amides is 2. The number of hydrogen-bond acceptors (Lipinski definition) is 5. The zero-order valence-electron chi connectivity index (χ0n) is 18.6. The molecular formula is C26H28N2O5. The molecule has 3 saturated carbocycles. The standard InChI is InChI=1S/C26H28N2O5/c1-25-11-10-16(26(15-25)28-23(29)18-6-2-3-7-20(18)33-26)12-19(25)24(30)27-13-17-14-31-21-8-4-5-9-22(21)32-17/h2-9,16-17,19H,10-15H2,1H3,(H,27,30)(H,28,29). The summed E-state index contributed by atoms with van der Waals surface area (Å²) in [6.07, 6.45) is 2.96. The van der Waals surface area contributed by atoms with Crippen molar-refractivity contribution in [2.45, 2.75) is 44.4 Å². The minimum absolute atomic E-state index is 0.0436. The molecule has 5 unspecified atom stereocenters. The molecule has 2 bridgehead atoms. The fraction of sp³-hybridized carbons (Fsp3) is 0.462. The van der Waals surface area contributed by atoms with Gasteiger partial charge in [0.2, 0.25) is 5.91 Å². The van der Waals surface area contributed by atoms with Gasteiger partial charge >= 0.3 is 0 Å². The number of carbonyl (C=O) groups excluding carboxylic acids is 2. The summed E-state index contributed by atoms with van der Waals surface area (Å²) in [5.41, 5.74) is -0.422. The molecule has 2 aliphatic heterocycles. The third-order valence-electron chi connectivity index (χ3n) is 7.89. The molecule has 2 N–H and O–H groups in total. The van der Waals surface area contributed by atoms with Gasteiger partial charge in [0.25, 0.3) is 5.91 Å². The van der Waals surface area contributed by atoms with E-state index in [4.69, 9.17) is 14.2 Å². The Kier molecular flexibility index (Phi) is 4.57. The van der Waals surface area contributed by atoms with E-state index in [1.807, 2.05) is 42.5 Å². The minimum atomic E-state index is -0.737. The molecule has 0 radical (unpaired) electrons. The molecule has 33 heavy (non-hydrogen) atoms. The fourth-order valence-corrected chi connectivity index (χ4v) is 6.16. The second-order valence-corrected chi connectivity index (χ2v) is 10.0. The number of carbonyl (C=O) groups is 2. The Labute approximate surface area is 192 Å². The molecule has 172 valence electrons. The molecule has 2 heterocycles. The van der Waals surface area contributed by atoms with Gasteiger partial charge in [-0.1, -0.05) is 31.2 Å². The number of nitrogens with one attached hydrogen (secondary N) is 2. The first kappa shape index (κ1) is 20.4. The van der Waals surface area contributed by atoms with Crippen LogP contribution in [0.3, 0.4) is 0 Å². The van der Waals surface area contributed by atoms with Gasteiger partial charge in [0.05, 0.1) is 12.1 Å². The third-order valence-corrected chi connectivity index (χ3v) is 7.89. The van der Waals surface area contributed by atoms with Gasteiger partial charge in [-0.2, -0.15) is 0 Å². The highest BCUT2D eigenvalue weighted by Crippen LogP contribution is 2.58. The van der Waals surface area contributed by atoms with E-state index in [9.17, 15) is 9.59 Å². The Bertz CT molecular complexity index is 1120. The summed E-state index contributed by atoms with van der Waals surface area (Å²) in [5, 5.41) is 6.27. The molecule has 1 spiro atoms. The lowest BCUT2D eigenvalue weighted by atomic mass is 9.52. The van der Waals surface area contributed by atoms with Gasteiger partial charge in [0.1, 0.15) is 18.5 Å². The van der Waals surface area contributed by atoms with Crippen molar-refractivity contribution in [1.82, 2.24) is 10.6 Å². The SMILES string of the molecule is CC12CCC(CC1C(=O)NCC1COc3ccccc3O1)C1(C2)NC(=O)c2ccccc2O1. The van der Waals surface area contributed by atoms with Crippen LogP contribution < -0.4 is 24.8 Å². The Morgan fingerprint density at radius 3 is 2.70 bits per heavy atom. The number of para-hydroxylation sites is 3. The van der Waals surface area contributed by atoms with E-state index < -0.39 is 5.72 Å². The molecule has 0 saturated heterocycles. The van der Waals surface area contributed by atoms with Crippen LogP contribution in [-0.2, 0) is 4.79 Å². The summed E-state index contributed by atoms with van der Waals surface area (Å²) in [7, 11) is 0. The van der Waals surface area contributed by atoms with Crippen LogP contribution in [0.1, 0.15) is 43.0 Å². The lowest BCUT2D eigenvalue weighted by Gasteiger charge is -2.59. The van der Waals surface area contributed by atoms with E-state index in [0.717, 1.165) is 18.6 Å². The molecule has 5 atom stereocenters. The molecule has 2 aromatic carbocycles. The first-order valence-corrected chi connectivity index (χ1v) is 11.7. The summed E-state index contributed by atoms with van der Waals surface area (Å²) < 4.78 is 18.2. The van der Waals surface area contributed by atoms with Gasteiger partial charge in [-0.05, 0) is 48.9 Å². The van der Waals surface area contributed by atoms with Crippen molar-refractivity contribution < 1.29 is 23.8 Å². The molecule has 7 heteroatoms. The molecule has 0 aromatic heterocycles. The molecule has 3 aliphatic carbocycles. The predicted octanol–water partition coefficient (Wildman–Crippen LogP) is 3.29. The van der Waals surface area contributed by atoms with Crippen molar-refractivity contribution in [2.24, 2.45) is 17.3 Å². The third kappa shape index (κ3) is 3.33. The van der Waals surface area contributed by atoms with Crippen LogP contribution in [0.2, 0.25) is 0 Å². The summed E-state index contributed by atoms with van der Waals surface area (Å²) in [6, 6.07) is 14.9. The van der Waals surface area contributed by atoms with Gasteiger partial charge in [0, 0.05) is 18.3 Å². The molecule has 2 amide bonds. The molecule has 7 nitrogen and oxygen atoms in total. The van der Waals surface area contributed by atoms with Crippen LogP contribution in [0.25, 0.3) is 0 Å². The molecule has 2 aromatic rings. The van der Waals surface area contributed by atoms with E-state index in [1.165, 1.54) is 0 Å². The summed E-state index contributed by atoms with van der Waals surface area (Å²) >= 11 is 0. The van der Waals surface area contributed by atoms with Gasteiger partial charge < -0.3 is 24.8 Å². The first-order valence-electron chi connectivity index (χ1n) is 11.7. The average Bonchev–Trinajstić information content (AvgIpc) is 2.82. The van der Waals surface area contributed by atoms with Crippen LogP contribution in [0, 0.1) is 17.3 Å². The topological polar surface area (TPSA) is 85.9 Å². The van der Waals surface area contributed by atoms with E-state index >= 15 is 0 Å². The van der Waals surface area contributed by atoms with Crippen LogP contribution in [-0.4, -0.2) is 36.8 Å². The van der Waals surface area contributed by atoms with Crippen LogP contribution >= 0.6 is 0 Å². The zero-order chi connectivity index (χ0) is 22.6. The number of rotatable bonds is 3. The molecule has 7 rings (SSSR count). The minimum Gasteiger partial charge on any atom is -0.486 e. The average molecular weight is 449 g/mol. The van der Waals surface area contributed by atoms with E-state index in [0.29, 0.717) is 43.1 Å². The Hall–Kier alpha value is -3.22. The molecule has 5 aliphatic rings.